The highest BCUT2D eigenvalue weighted by molar-refractivity contribution is 7.10. The molecule has 5 heteroatoms. The van der Waals surface area contributed by atoms with Crippen molar-refractivity contribution in [2.45, 2.75) is 58.1 Å². The topological polar surface area (TPSA) is 41.6 Å². The Morgan fingerprint density at radius 3 is 2.74 bits per heavy atom. The van der Waals surface area contributed by atoms with E-state index in [-0.39, 0.29) is 11.6 Å². The summed E-state index contributed by atoms with van der Waals surface area (Å²) >= 11 is 1.88. The minimum absolute atomic E-state index is 0.0492. The number of piperidine rings is 1. The fourth-order valence-electron chi connectivity index (χ4n) is 3.86. The Bertz CT molecular complexity index is 570. The molecule has 2 aliphatic heterocycles. The first-order chi connectivity index (χ1) is 10.8. The van der Waals surface area contributed by atoms with Gasteiger partial charge in [-0.25, -0.2) is 4.79 Å². The van der Waals surface area contributed by atoms with Crippen LogP contribution in [0.4, 0.5) is 4.79 Å². The van der Waals surface area contributed by atoms with Gasteiger partial charge in [-0.1, -0.05) is 0 Å². The molecule has 1 aromatic rings. The van der Waals surface area contributed by atoms with Crippen molar-refractivity contribution in [3.63, 3.8) is 0 Å². The number of thiophene rings is 1. The fourth-order valence-corrected chi connectivity index (χ4v) is 4.85. The Labute approximate surface area is 143 Å². The zero-order valence-corrected chi connectivity index (χ0v) is 15.5. The molecule has 1 aromatic heterocycles. The molecule has 23 heavy (non-hydrogen) atoms. The molecule has 0 bridgehead atoms. The van der Waals surface area contributed by atoms with Crippen molar-refractivity contribution in [3.05, 3.63) is 21.9 Å². The van der Waals surface area contributed by atoms with Gasteiger partial charge in [0.1, 0.15) is 5.60 Å². The molecule has 3 heterocycles. The number of carbonyl (C=O) groups is 1. The number of carbonyl (C=O) groups excluding carboxylic acids is 1. The monoisotopic (exact) mass is 336 g/mol. The van der Waals surface area contributed by atoms with Crippen LogP contribution in [0.5, 0.6) is 0 Å². The number of ether oxygens (including phenoxy) is 1. The van der Waals surface area contributed by atoms with Crippen LogP contribution in [-0.2, 0) is 16.7 Å². The van der Waals surface area contributed by atoms with Gasteiger partial charge in [0.15, 0.2) is 0 Å². The van der Waals surface area contributed by atoms with Gasteiger partial charge in [0.25, 0.3) is 0 Å². The van der Waals surface area contributed by atoms with Crippen molar-refractivity contribution < 1.29 is 9.53 Å². The predicted molar refractivity (Wildman–Crippen MR) is 93.9 cm³/mol. The highest BCUT2D eigenvalue weighted by Crippen LogP contribution is 2.41. The molecule has 1 N–H and O–H groups in total. The Balaban J connectivity index is 1.65. The third kappa shape index (κ3) is 3.41. The summed E-state index contributed by atoms with van der Waals surface area (Å²) in [6.07, 6.45) is 3.02. The average Bonchev–Trinajstić information content (AvgIpc) is 2.96. The molecule has 1 unspecified atom stereocenters. The zero-order chi connectivity index (χ0) is 16.7. The summed E-state index contributed by atoms with van der Waals surface area (Å²) in [5, 5.41) is 5.98. The van der Waals surface area contributed by atoms with E-state index in [0.717, 1.165) is 38.9 Å². The molecule has 0 spiro atoms. The van der Waals surface area contributed by atoms with Crippen LogP contribution in [0.15, 0.2) is 11.4 Å². The second kappa shape index (κ2) is 6.10. The van der Waals surface area contributed by atoms with Gasteiger partial charge in [0.05, 0.1) is 0 Å². The number of likely N-dealkylation sites (tertiary alicyclic amines) is 1. The van der Waals surface area contributed by atoms with Crippen LogP contribution in [0, 0.1) is 5.92 Å². The van der Waals surface area contributed by atoms with Crippen molar-refractivity contribution in [2.75, 3.05) is 19.6 Å². The summed E-state index contributed by atoms with van der Waals surface area (Å²) < 4.78 is 5.50. The van der Waals surface area contributed by atoms with Gasteiger partial charge in [0, 0.05) is 30.1 Å². The van der Waals surface area contributed by atoms with Crippen LogP contribution >= 0.6 is 11.3 Å². The highest BCUT2D eigenvalue weighted by Gasteiger charge is 2.41. The Hall–Kier alpha value is -1.07. The van der Waals surface area contributed by atoms with Gasteiger partial charge in [-0.3, -0.25) is 0 Å². The Kier molecular flexibility index (Phi) is 4.45. The van der Waals surface area contributed by atoms with Crippen LogP contribution < -0.4 is 5.32 Å². The van der Waals surface area contributed by atoms with E-state index < -0.39 is 5.60 Å². The third-order valence-corrected chi connectivity index (χ3v) is 6.09. The molecule has 3 rings (SSSR count). The highest BCUT2D eigenvalue weighted by atomic mass is 32.1. The number of amides is 1. The van der Waals surface area contributed by atoms with Gasteiger partial charge < -0.3 is 15.0 Å². The van der Waals surface area contributed by atoms with E-state index >= 15 is 0 Å². The van der Waals surface area contributed by atoms with Gasteiger partial charge in [-0.2, -0.15) is 0 Å². The standard InChI is InChI=1S/C18H28N2O2S/c1-17(2,3)22-16(21)20-10-6-13(7-11-20)18(4)14-8-12-23-15(14)5-9-19-18/h8,12-13,19H,5-7,9-11H2,1-4H3. The second-order valence-corrected chi connectivity index (χ2v) is 8.88. The van der Waals surface area contributed by atoms with Gasteiger partial charge >= 0.3 is 6.09 Å². The van der Waals surface area contributed by atoms with Crippen LogP contribution in [0.25, 0.3) is 0 Å². The Morgan fingerprint density at radius 2 is 2.09 bits per heavy atom. The van der Waals surface area contributed by atoms with Crippen molar-refractivity contribution >= 4 is 17.4 Å². The number of hydrogen-bond donors (Lipinski definition) is 1. The van der Waals surface area contributed by atoms with E-state index in [4.69, 9.17) is 4.74 Å². The normalized spacial score (nSPS) is 26.0. The molecule has 1 fully saturated rings. The lowest BCUT2D eigenvalue weighted by Gasteiger charge is -2.45. The quantitative estimate of drug-likeness (QED) is 0.849. The first-order valence-corrected chi connectivity index (χ1v) is 9.47. The van der Waals surface area contributed by atoms with E-state index in [0.29, 0.717) is 5.92 Å². The second-order valence-electron chi connectivity index (χ2n) is 7.88. The maximum atomic E-state index is 12.2. The summed E-state index contributed by atoms with van der Waals surface area (Å²) in [6.45, 7) is 10.7. The zero-order valence-electron chi connectivity index (χ0n) is 14.6. The molecule has 2 aliphatic rings. The largest absolute Gasteiger partial charge is 0.444 e. The summed E-state index contributed by atoms with van der Waals surface area (Å²) in [4.78, 5) is 15.6. The number of nitrogens with zero attached hydrogens (tertiary/aromatic N) is 1. The molecule has 1 atom stereocenters. The average molecular weight is 337 g/mol. The molecule has 1 saturated heterocycles. The molecule has 0 radical (unpaired) electrons. The predicted octanol–water partition coefficient (Wildman–Crippen LogP) is 3.76. The van der Waals surface area contributed by atoms with Crippen LogP contribution in [0.1, 0.15) is 51.0 Å². The lowest BCUT2D eigenvalue weighted by Crippen LogP contribution is -2.53. The van der Waals surface area contributed by atoms with Crippen LogP contribution in [-0.4, -0.2) is 36.2 Å². The summed E-state index contributed by atoms with van der Waals surface area (Å²) in [7, 11) is 0. The first-order valence-electron chi connectivity index (χ1n) is 8.59. The Morgan fingerprint density at radius 1 is 1.39 bits per heavy atom. The van der Waals surface area contributed by atoms with Gasteiger partial charge in [0.2, 0.25) is 0 Å². The molecule has 4 nitrogen and oxygen atoms in total. The fraction of sp³-hybridized carbons (Fsp3) is 0.722. The minimum Gasteiger partial charge on any atom is -0.444 e. The molecular weight excluding hydrogens is 308 g/mol. The lowest BCUT2D eigenvalue weighted by molar-refractivity contribution is 0.0132. The number of rotatable bonds is 1. The molecule has 1 amide bonds. The van der Waals surface area contributed by atoms with Crippen LogP contribution in [0.2, 0.25) is 0 Å². The van der Waals surface area contributed by atoms with Gasteiger partial charge in [-0.05, 0) is 69.9 Å². The van der Waals surface area contributed by atoms with Gasteiger partial charge in [-0.15, -0.1) is 11.3 Å². The van der Waals surface area contributed by atoms with E-state index in [1.54, 1.807) is 0 Å². The lowest BCUT2D eigenvalue weighted by atomic mass is 9.73. The van der Waals surface area contributed by atoms with E-state index in [2.05, 4.69) is 23.7 Å². The summed E-state index contributed by atoms with van der Waals surface area (Å²) in [5.41, 5.74) is 1.11. The maximum Gasteiger partial charge on any atom is 0.410 e. The number of nitrogens with one attached hydrogen (secondary N) is 1. The van der Waals surface area contributed by atoms with Crippen molar-refractivity contribution in [3.8, 4) is 0 Å². The van der Waals surface area contributed by atoms with E-state index in [1.165, 1.54) is 10.4 Å². The van der Waals surface area contributed by atoms with E-state index in [9.17, 15) is 4.79 Å². The van der Waals surface area contributed by atoms with Crippen molar-refractivity contribution in [1.82, 2.24) is 10.2 Å². The molecule has 0 aliphatic carbocycles. The van der Waals surface area contributed by atoms with E-state index in [1.807, 2.05) is 37.0 Å². The minimum atomic E-state index is -0.420. The number of fused-ring (bicyclic) bond motifs is 1. The van der Waals surface area contributed by atoms with Crippen molar-refractivity contribution in [2.24, 2.45) is 5.92 Å². The first kappa shape index (κ1) is 16.8. The molecule has 128 valence electrons. The number of hydrogen-bond acceptors (Lipinski definition) is 4. The molecular formula is C18H28N2O2S. The summed E-state index contributed by atoms with van der Waals surface area (Å²) in [5.74, 6) is 0.565. The third-order valence-electron chi connectivity index (χ3n) is 5.11. The van der Waals surface area contributed by atoms with Crippen LogP contribution in [0.3, 0.4) is 0 Å². The molecule has 0 aromatic carbocycles. The molecule has 0 saturated carbocycles. The van der Waals surface area contributed by atoms with Crippen molar-refractivity contribution in [1.29, 1.82) is 0 Å². The smallest absolute Gasteiger partial charge is 0.410 e. The maximum absolute atomic E-state index is 12.2. The summed E-state index contributed by atoms with van der Waals surface area (Å²) in [6, 6.07) is 2.28. The SMILES string of the molecule is CC(C)(C)OC(=O)N1CCC(C2(C)NCCc3sccc32)CC1.